The molecule has 0 bridgehead atoms. The zero-order valence-electron chi connectivity index (χ0n) is 15.6. The number of ether oxygens (including phenoxy) is 1. The summed E-state index contributed by atoms with van der Waals surface area (Å²) in [4.78, 5) is 27.7. The van der Waals surface area contributed by atoms with Crippen molar-refractivity contribution in [2.45, 2.75) is 26.3 Å². The number of amides is 2. The Balaban J connectivity index is 1.80. The molecule has 1 aromatic carbocycles. The van der Waals surface area contributed by atoms with Gasteiger partial charge in [-0.1, -0.05) is 24.3 Å². The van der Waals surface area contributed by atoms with E-state index in [1.165, 1.54) is 0 Å². The van der Waals surface area contributed by atoms with Gasteiger partial charge in [0, 0.05) is 24.4 Å². The Morgan fingerprint density at radius 3 is 2.78 bits per heavy atom. The summed E-state index contributed by atoms with van der Waals surface area (Å²) in [5.41, 5.74) is 0.511. The van der Waals surface area contributed by atoms with Crippen LogP contribution >= 0.6 is 11.3 Å². The highest BCUT2D eigenvalue weighted by Gasteiger charge is 2.14. The molecule has 0 saturated carbocycles. The standard InChI is InChI=1S/C21H26N2O3S/c1-3-14-23(16-17-9-8-15-27-17)20(24)12-7-13-22-21(25)18-10-5-6-11-19(18)26-4-2/h3,5-6,8-11,15H,1,4,7,12-14,16H2,2H3,(H,22,25). The van der Waals surface area contributed by atoms with E-state index in [1.54, 1.807) is 40.5 Å². The van der Waals surface area contributed by atoms with E-state index in [2.05, 4.69) is 11.9 Å². The Morgan fingerprint density at radius 1 is 1.26 bits per heavy atom. The first kappa shape index (κ1) is 20.7. The minimum atomic E-state index is -0.187. The van der Waals surface area contributed by atoms with Crippen molar-refractivity contribution >= 4 is 23.2 Å². The number of thiophene rings is 1. The van der Waals surface area contributed by atoms with Crippen LogP contribution in [0.1, 0.15) is 35.0 Å². The fourth-order valence-electron chi connectivity index (χ4n) is 2.63. The van der Waals surface area contributed by atoms with Crippen molar-refractivity contribution in [2.24, 2.45) is 0 Å². The number of nitrogens with one attached hydrogen (secondary N) is 1. The van der Waals surface area contributed by atoms with Gasteiger partial charge in [-0.3, -0.25) is 9.59 Å². The number of carbonyl (C=O) groups is 2. The molecular formula is C21H26N2O3S. The third-order valence-electron chi connectivity index (χ3n) is 3.91. The van der Waals surface area contributed by atoms with Gasteiger partial charge in [-0.25, -0.2) is 0 Å². The van der Waals surface area contributed by atoms with Crippen LogP contribution in [0.25, 0.3) is 0 Å². The summed E-state index contributed by atoms with van der Waals surface area (Å²) in [6.07, 6.45) is 2.70. The van der Waals surface area contributed by atoms with E-state index in [-0.39, 0.29) is 11.8 Å². The van der Waals surface area contributed by atoms with Gasteiger partial charge in [0.05, 0.1) is 18.7 Å². The second-order valence-electron chi connectivity index (χ2n) is 5.93. The minimum Gasteiger partial charge on any atom is -0.493 e. The molecule has 1 aromatic heterocycles. The first-order chi connectivity index (χ1) is 13.2. The second kappa shape index (κ2) is 11.2. The van der Waals surface area contributed by atoms with E-state index < -0.39 is 0 Å². The Labute approximate surface area is 164 Å². The first-order valence-corrected chi connectivity index (χ1v) is 9.94. The van der Waals surface area contributed by atoms with E-state index in [9.17, 15) is 9.59 Å². The fraction of sp³-hybridized carbons (Fsp3) is 0.333. The summed E-state index contributed by atoms with van der Waals surface area (Å²) >= 11 is 1.63. The number of rotatable bonds is 11. The molecule has 0 radical (unpaired) electrons. The maximum Gasteiger partial charge on any atom is 0.255 e. The maximum atomic E-state index is 12.5. The second-order valence-corrected chi connectivity index (χ2v) is 6.96. The summed E-state index contributed by atoms with van der Waals surface area (Å²) < 4.78 is 5.48. The average Bonchev–Trinajstić information content (AvgIpc) is 3.18. The third kappa shape index (κ3) is 6.57. The Bertz CT molecular complexity index is 744. The SMILES string of the molecule is C=CCN(Cc1cccs1)C(=O)CCCNC(=O)c1ccccc1OCC. The van der Waals surface area contributed by atoms with Crippen LogP contribution in [0.2, 0.25) is 0 Å². The lowest BCUT2D eigenvalue weighted by atomic mass is 10.2. The number of carbonyl (C=O) groups excluding carboxylic acids is 2. The molecule has 0 aliphatic carbocycles. The first-order valence-electron chi connectivity index (χ1n) is 9.06. The van der Waals surface area contributed by atoms with Crippen molar-refractivity contribution in [3.05, 3.63) is 64.9 Å². The molecule has 0 aliphatic heterocycles. The van der Waals surface area contributed by atoms with Crippen LogP contribution in [0.5, 0.6) is 5.75 Å². The summed E-state index contributed by atoms with van der Waals surface area (Å²) in [7, 11) is 0. The molecule has 0 saturated heterocycles. The average molecular weight is 387 g/mol. The van der Waals surface area contributed by atoms with E-state index >= 15 is 0 Å². The van der Waals surface area contributed by atoms with Gasteiger partial charge >= 0.3 is 0 Å². The fourth-order valence-corrected chi connectivity index (χ4v) is 3.35. The van der Waals surface area contributed by atoms with E-state index in [4.69, 9.17) is 4.74 Å². The molecule has 1 heterocycles. The maximum absolute atomic E-state index is 12.5. The zero-order chi connectivity index (χ0) is 19.5. The summed E-state index contributed by atoms with van der Waals surface area (Å²) in [5, 5.41) is 4.86. The van der Waals surface area contributed by atoms with E-state index in [1.807, 2.05) is 30.5 Å². The van der Waals surface area contributed by atoms with Gasteiger partial charge in [-0.2, -0.15) is 0 Å². The van der Waals surface area contributed by atoms with Crippen molar-refractivity contribution < 1.29 is 14.3 Å². The summed E-state index contributed by atoms with van der Waals surface area (Å²) in [6, 6.07) is 11.1. The quantitative estimate of drug-likeness (QED) is 0.471. The molecular weight excluding hydrogens is 360 g/mol. The Hall–Kier alpha value is -2.60. The molecule has 0 fully saturated rings. The lowest BCUT2D eigenvalue weighted by molar-refractivity contribution is -0.131. The minimum absolute atomic E-state index is 0.0623. The number of nitrogens with zero attached hydrogens (tertiary/aromatic N) is 1. The van der Waals surface area contributed by atoms with Crippen molar-refractivity contribution in [1.82, 2.24) is 10.2 Å². The molecule has 5 nitrogen and oxygen atoms in total. The summed E-state index contributed by atoms with van der Waals surface area (Å²) in [5.74, 6) is 0.446. The van der Waals surface area contributed by atoms with E-state index in [0.717, 1.165) is 4.88 Å². The van der Waals surface area contributed by atoms with Crippen molar-refractivity contribution in [3.8, 4) is 5.75 Å². The molecule has 6 heteroatoms. The highest BCUT2D eigenvalue weighted by Crippen LogP contribution is 2.17. The monoisotopic (exact) mass is 386 g/mol. The number of para-hydroxylation sites is 1. The normalized spacial score (nSPS) is 10.3. The van der Waals surface area contributed by atoms with Crippen molar-refractivity contribution in [2.75, 3.05) is 19.7 Å². The molecule has 27 heavy (non-hydrogen) atoms. The van der Waals surface area contributed by atoms with Crippen LogP contribution in [-0.4, -0.2) is 36.4 Å². The molecule has 0 atom stereocenters. The molecule has 2 amide bonds. The predicted octanol–water partition coefficient (Wildman–Crippen LogP) is 3.87. The molecule has 0 spiro atoms. The Morgan fingerprint density at radius 2 is 2.07 bits per heavy atom. The number of benzene rings is 1. The van der Waals surface area contributed by atoms with Gasteiger partial charge < -0.3 is 15.0 Å². The van der Waals surface area contributed by atoms with Crippen LogP contribution in [0.15, 0.2) is 54.4 Å². The smallest absolute Gasteiger partial charge is 0.255 e. The van der Waals surface area contributed by atoms with Gasteiger partial charge in [-0.05, 0) is 36.9 Å². The highest BCUT2D eigenvalue weighted by molar-refractivity contribution is 7.09. The molecule has 0 aliphatic rings. The van der Waals surface area contributed by atoms with Crippen molar-refractivity contribution in [3.63, 3.8) is 0 Å². The van der Waals surface area contributed by atoms with E-state index in [0.29, 0.717) is 50.4 Å². The lowest BCUT2D eigenvalue weighted by Gasteiger charge is -2.20. The predicted molar refractivity (Wildman–Crippen MR) is 109 cm³/mol. The van der Waals surface area contributed by atoms with Gasteiger partial charge in [0.1, 0.15) is 5.75 Å². The number of hydrogen-bond acceptors (Lipinski definition) is 4. The van der Waals surface area contributed by atoms with Gasteiger partial charge in [0.15, 0.2) is 0 Å². The molecule has 2 aromatic rings. The molecule has 144 valence electrons. The zero-order valence-corrected chi connectivity index (χ0v) is 16.5. The molecule has 1 N–H and O–H groups in total. The van der Waals surface area contributed by atoms with Crippen LogP contribution in [0.3, 0.4) is 0 Å². The lowest BCUT2D eigenvalue weighted by Crippen LogP contribution is -2.31. The Kier molecular flexibility index (Phi) is 8.58. The molecule has 0 unspecified atom stereocenters. The van der Waals surface area contributed by atoms with Gasteiger partial charge in [0.25, 0.3) is 5.91 Å². The highest BCUT2D eigenvalue weighted by atomic mass is 32.1. The summed E-state index contributed by atoms with van der Waals surface area (Å²) in [6.45, 7) is 7.66. The largest absolute Gasteiger partial charge is 0.493 e. The van der Waals surface area contributed by atoms with Crippen molar-refractivity contribution in [1.29, 1.82) is 0 Å². The topological polar surface area (TPSA) is 58.6 Å². The number of hydrogen-bond donors (Lipinski definition) is 1. The van der Waals surface area contributed by atoms with Gasteiger partial charge in [-0.15, -0.1) is 17.9 Å². The van der Waals surface area contributed by atoms with Crippen LogP contribution in [0.4, 0.5) is 0 Å². The molecule has 2 rings (SSSR count). The van der Waals surface area contributed by atoms with Crippen LogP contribution in [0, 0.1) is 0 Å². The van der Waals surface area contributed by atoms with Crippen LogP contribution in [-0.2, 0) is 11.3 Å². The van der Waals surface area contributed by atoms with Crippen LogP contribution < -0.4 is 10.1 Å². The third-order valence-corrected chi connectivity index (χ3v) is 4.77. The van der Waals surface area contributed by atoms with Gasteiger partial charge in [0.2, 0.25) is 5.91 Å².